The lowest BCUT2D eigenvalue weighted by Gasteiger charge is -2.41. The first-order chi connectivity index (χ1) is 9.97. The zero-order valence-electron chi connectivity index (χ0n) is 13.9. The fraction of sp³-hybridized carbons (Fsp3) is 0.684. The molecule has 2 nitrogen and oxygen atoms in total. The molecule has 2 heteroatoms. The van der Waals surface area contributed by atoms with Crippen LogP contribution in [0.5, 0.6) is 0 Å². The number of likely N-dealkylation sites (N-methyl/N-ethyl adjacent to an activating group) is 1. The van der Waals surface area contributed by atoms with Crippen molar-refractivity contribution < 1.29 is 4.74 Å². The highest BCUT2D eigenvalue weighted by molar-refractivity contribution is 5.32. The van der Waals surface area contributed by atoms with Crippen LogP contribution >= 0.6 is 0 Å². The second-order valence-corrected chi connectivity index (χ2v) is 7.66. The highest BCUT2D eigenvalue weighted by atomic mass is 16.5. The number of nitrogens with one attached hydrogen (secondary N) is 1. The summed E-state index contributed by atoms with van der Waals surface area (Å²) in [7, 11) is 1.99. The maximum atomic E-state index is 6.49. The molecule has 0 radical (unpaired) electrons. The average molecular weight is 287 g/mol. The lowest BCUT2D eigenvalue weighted by Crippen LogP contribution is -2.43. The standard InChI is InChI=1S/C19H29NO/c1-17(2)18(3)10-11-19(17,21-13-12-20-4)14-16(18)15-8-6-5-7-9-15/h5-9,16,20H,10-14H2,1-4H3/t16-,18+,19+/m1/s1. The monoisotopic (exact) mass is 287 g/mol. The van der Waals surface area contributed by atoms with Crippen molar-refractivity contribution in [3.63, 3.8) is 0 Å². The topological polar surface area (TPSA) is 21.3 Å². The average Bonchev–Trinajstić information content (AvgIpc) is 2.78. The Labute approximate surface area is 129 Å². The quantitative estimate of drug-likeness (QED) is 0.827. The van der Waals surface area contributed by atoms with E-state index in [1.807, 2.05) is 7.05 Å². The minimum atomic E-state index is 0.0547. The fourth-order valence-electron chi connectivity index (χ4n) is 4.96. The van der Waals surface area contributed by atoms with Gasteiger partial charge in [0.25, 0.3) is 0 Å². The van der Waals surface area contributed by atoms with Crippen molar-refractivity contribution in [3.05, 3.63) is 35.9 Å². The molecule has 2 saturated carbocycles. The lowest BCUT2D eigenvalue weighted by molar-refractivity contribution is -0.0995. The summed E-state index contributed by atoms with van der Waals surface area (Å²) in [6, 6.07) is 11.1. The molecule has 2 aliphatic rings. The van der Waals surface area contributed by atoms with Crippen LogP contribution in [0.25, 0.3) is 0 Å². The van der Waals surface area contributed by atoms with E-state index in [0.717, 1.165) is 13.2 Å². The summed E-state index contributed by atoms with van der Waals surface area (Å²) >= 11 is 0. The largest absolute Gasteiger partial charge is 0.373 e. The Morgan fingerprint density at radius 3 is 2.52 bits per heavy atom. The molecule has 0 heterocycles. The molecule has 0 unspecified atom stereocenters. The summed E-state index contributed by atoms with van der Waals surface area (Å²) in [6.45, 7) is 9.10. The molecule has 0 saturated heterocycles. The molecule has 21 heavy (non-hydrogen) atoms. The minimum Gasteiger partial charge on any atom is -0.373 e. The van der Waals surface area contributed by atoms with Gasteiger partial charge >= 0.3 is 0 Å². The second-order valence-electron chi connectivity index (χ2n) is 7.66. The van der Waals surface area contributed by atoms with E-state index in [-0.39, 0.29) is 11.0 Å². The molecular formula is C19H29NO. The third kappa shape index (κ3) is 1.99. The van der Waals surface area contributed by atoms with Gasteiger partial charge in [-0.15, -0.1) is 0 Å². The summed E-state index contributed by atoms with van der Waals surface area (Å²) in [5, 5.41) is 3.20. The van der Waals surface area contributed by atoms with E-state index in [9.17, 15) is 0 Å². The van der Waals surface area contributed by atoms with Crippen molar-refractivity contribution in [1.29, 1.82) is 0 Å². The number of rotatable bonds is 5. The number of ether oxygens (including phenoxy) is 1. The van der Waals surface area contributed by atoms with Crippen LogP contribution in [0, 0.1) is 10.8 Å². The second kappa shape index (κ2) is 5.10. The molecule has 0 amide bonds. The van der Waals surface area contributed by atoms with Crippen LogP contribution in [0.4, 0.5) is 0 Å². The molecule has 116 valence electrons. The van der Waals surface area contributed by atoms with E-state index in [1.165, 1.54) is 24.8 Å². The molecule has 0 aromatic heterocycles. The third-order valence-electron chi connectivity index (χ3n) is 6.85. The molecule has 1 aromatic rings. The van der Waals surface area contributed by atoms with Crippen LogP contribution < -0.4 is 5.32 Å². The molecule has 2 aliphatic carbocycles. The summed E-state index contributed by atoms with van der Waals surface area (Å²) in [5.74, 6) is 0.622. The van der Waals surface area contributed by atoms with Gasteiger partial charge in [0.1, 0.15) is 0 Å². The Morgan fingerprint density at radius 1 is 1.14 bits per heavy atom. The first-order valence-corrected chi connectivity index (χ1v) is 8.30. The fourth-order valence-corrected chi connectivity index (χ4v) is 4.96. The van der Waals surface area contributed by atoms with E-state index in [2.05, 4.69) is 56.4 Å². The van der Waals surface area contributed by atoms with Gasteiger partial charge in [-0.2, -0.15) is 0 Å². The van der Waals surface area contributed by atoms with Crippen molar-refractivity contribution in [3.8, 4) is 0 Å². The van der Waals surface area contributed by atoms with Crippen molar-refractivity contribution in [2.45, 2.75) is 51.6 Å². The highest BCUT2D eigenvalue weighted by Crippen LogP contribution is 2.73. The van der Waals surface area contributed by atoms with Gasteiger partial charge in [0.15, 0.2) is 0 Å². The summed E-state index contributed by atoms with van der Waals surface area (Å²) < 4.78 is 6.49. The van der Waals surface area contributed by atoms with Crippen LogP contribution in [0.3, 0.4) is 0 Å². The maximum Gasteiger partial charge on any atom is 0.0745 e. The van der Waals surface area contributed by atoms with Gasteiger partial charge in [-0.3, -0.25) is 0 Å². The van der Waals surface area contributed by atoms with Crippen LogP contribution in [-0.4, -0.2) is 25.8 Å². The van der Waals surface area contributed by atoms with Gasteiger partial charge in [-0.25, -0.2) is 0 Å². The summed E-state index contributed by atoms with van der Waals surface area (Å²) in [6.07, 6.45) is 3.66. The first-order valence-electron chi connectivity index (χ1n) is 8.30. The van der Waals surface area contributed by atoms with Crippen molar-refractivity contribution in [2.24, 2.45) is 10.8 Å². The van der Waals surface area contributed by atoms with E-state index in [0.29, 0.717) is 11.3 Å². The zero-order valence-corrected chi connectivity index (χ0v) is 13.9. The molecule has 1 N–H and O–H groups in total. The summed E-state index contributed by atoms with van der Waals surface area (Å²) in [5.41, 5.74) is 2.12. The molecule has 1 aromatic carbocycles. The predicted molar refractivity (Wildman–Crippen MR) is 87.5 cm³/mol. The third-order valence-corrected chi connectivity index (χ3v) is 6.85. The maximum absolute atomic E-state index is 6.49. The van der Waals surface area contributed by atoms with Crippen molar-refractivity contribution in [1.82, 2.24) is 5.32 Å². The van der Waals surface area contributed by atoms with E-state index < -0.39 is 0 Å². The Balaban J connectivity index is 1.91. The van der Waals surface area contributed by atoms with Gasteiger partial charge in [0, 0.05) is 6.54 Å². The molecular weight excluding hydrogens is 258 g/mol. The normalized spacial score (nSPS) is 37.0. The Kier molecular flexibility index (Phi) is 3.66. The van der Waals surface area contributed by atoms with Crippen LogP contribution in [-0.2, 0) is 4.74 Å². The van der Waals surface area contributed by atoms with Crippen molar-refractivity contribution in [2.75, 3.05) is 20.2 Å². The number of benzene rings is 1. The van der Waals surface area contributed by atoms with E-state index in [1.54, 1.807) is 0 Å². The van der Waals surface area contributed by atoms with Gasteiger partial charge in [0.05, 0.1) is 12.2 Å². The molecule has 2 fully saturated rings. The lowest BCUT2D eigenvalue weighted by atomic mass is 9.65. The number of hydrogen-bond donors (Lipinski definition) is 1. The Morgan fingerprint density at radius 2 is 1.86 bits per heavy atom. The molecule has 0 spiro atoms. The Bertz CT molecular complexity index is 498. The van der Waals surface area contributed by atoms with Gasteiger partial charge in [-0.1, -0.05) is 51.1 Å². The van der Waals surface area contributed by atoms with Crippen LogP contribution in [0.15, 0.2) is 30.3 Å². The number of hydrogen-bond acceptors (Lipinski definition) is 2. The minimum absolute atomic E-state index is 0.0547. The molecule has 3 rings (SSSR count). The van der Waals surface area contributed by atoms with E-state index >= 15 is 0 Å². The number of fused-ring (bicyclic) bond motifs is 2. The Hall–Kier alpha value is -0.860. The smallest absolute Gasteiger partial charge is 0.0745 e. The van der Waals surface area contributed by atoms with Gasteiger partial charge in [-0.05, 0) is 48.6 Å². The zero-order chi connectivity index (χ0) is 15.1. The summed E-state index contributed by atoms with van der Waals surface area (Å²) in [4.78, 5) is 0. The van der Waals surface area contributed by atoms with E-state index in [4.69, 9.17) is 4.74 Å². The molecule has 3 atom stereocenters. The SMILES string of the molecule is CNCCO[C@@]12CC[C@@](C)([C@@H](c3ccccc3)C1)C2(C)C. The molecule has 0 aliphatic heterocycles. The predicted octanol–water partition coefficient (Wildman–Crippen LogP) is 3.98. The van der Waals surface area contributed by atoms with Crippen molar-refractivity contribution >= 4 is 0 Å². The highest BCUT2D eigenvalue weighted by Gasteiger charge is 2.70. The first kappa shape index (κ1) is 15.1. The van der Waals surface area contributed by atoms with Gasteiger partial charge in [0.2, 0.25) is 0 Å². The molecule has 2 bridgehead atoms. The van der Waals surface area contributed by atoms with Crippen LogP contribution in [0.1, 0.15) is 51.5 Å². The van der Waals surface area contributed by atoms with Crippen LogP contribution in [0.2, 0.25) is 0 Å². The van der Waals surface area contributed by atoms with Gasteiger partial charge < -0.3 is 10.1 Å².